The Morgan fingerprint density at radius 3 is 3.27 bits per heavy atom. The summed E-state index contributed by atoms with van der Waals surface area (Å²) >= 11 is 0. The van der Waals surface area contributed by atoms with Crippen LogP contribution in [0.5, 0.6) is 0 Å². The molecule has 1 saturated heterocycles. The standard InChI is InChI=1S/C10H17N3O2/c1-8-4-11-6-10(15-8)9-5-12-13(7-9)2-3-14/h5,7-8,10-11,14H,2-4,6H2,1H3/t8-,10-/m1/s1. The molecule has 1 aliphatic heterocycles. The molecule has 0 spiro atoms. The Labute approximate surface area is 89.0 Å². The van der Waals surface area contributed by atoms with Crippen LogP contribution in [0.15, 0.2) is 12.4 Å². The zero-order valence-corrected chi connectivity index (χ0v) is 8.89. The monoisotopic (exact) mass is 211 g/mol. The molecule has 5 nitrogen and oxygen atoms in total. The van der Waals surface area contributed by atoms with Gasteiger partial charge >= 0.3 is 0 Å². The van der Waals surface area contributed by atoms with Crippen LogP contribution in [0.1, 0.15) is 18.6 Å². The fourth-order valence-corrected chi connectivity index (χ4v) is 1.76. The van der Waals surface area contributed by atoms with Crippen LogP contribution >= 0.6 is 0 Å². The van der Waals surface area contributed by atoms with Gasteiger partial charge in [0.25, 0.3) is 0 Å². The van der Waals surface area contributed by atoms with Crippen molar-refractivity contribution in [3.63, 3.8) is 0 Å². The van der Waals surface area contributed by atoms with Gasteiger partial charge in [-0.2, -0.15) is 5.10 Å². The summed E-state index contributed by atoms with van der Waals surface area (Å²) in [5.41, 5.74) is 1.07. The Kier molecular flexibility index (Phi) is 3.35. The highest BCUT2D eigenvalue weighted by Crippen LogP contribution is 2.20. The molecule has 0 aliphatic carbocycles. The van der Waals surface area contributed by atoms with Crippen molar-refractivity contribution in [2.75, 3.05) is 19.7 Å². The highest BCUT2D eigenvalue weighted by atomic mass is 16.5. The number of aliphatic hydroxyl groups excluding tert-OH is 1. The minimum atomic E-state index is 0.0844. The molecule has 84 valence electrons. The fraction of sp³-hybridized carbons (Fsp3) is 0.700. The summed E-state index contributed by atoms with van der Waals surface area (Å²) in [5.74, 6) is 0. The lowest BCUT2D eigenvalue weighted by molar-refractivity contribution is -0.0287. The molecular weight excluding hydrogens is 194 g/mol. The average Bonchev–Trinajstić information content (AvgIpc) is 2.67. The summed E-state index contributed by atoms with van der Waals surface area (Å²) in [6.07, 6.45) is 4.06. The molecule has 0 unspecified atom stereocenters. The van der Waals surface area contributed by atoms with E-state index in [2.05, 4.69) is 17.3 Å². The van der Waals surface area contributed by atoms with Gasteiger partial charge in [-0.1, -0.05) is 0 Å². The number of ether oxygens (including phenoxy) is 1. The second-order valence-corrected chi connectivity index (χ2v) is 3.85. The Morgan fingerprint density at radius 2 is 2.53 bits per heavy atom. The molecule has 2 heterocycles. The van der Waals surface area contributed by atoms with Crippen LogP contribution in [0, 0.1) is 0 Å². The van der Waals surface area contributed by atoms with Crippen molar-refractivity contribution in [2.24, 2.45) is 0 Å². The third-order valence-electron chi connectivity index (χ3n) is 2.51. The van der Waals surface area contributed by atoms with Crippen LogP contribution < -0.4 is 5.32 Å². The third-order valence-corrected chi connectivity index (χ3v) is 2.51. The number of hydrogen-bond donors (Lipinski definition) is 2. The topological polar surface area (TPSA) is 59.3 Å². The van der Waals surface area contributed by atoms with Crippen molar-refractivity contribution < 1.29 is 9.84 Å². The van der Waals surface area contributed by atoms with Crippen LogP contribution in [0.25, 0.3) is 0 Å². The number of hydrogen-bond acceptors (Lipinski definition) is 4. The molecule has 1 fully saturated rings. The van der Waals surface area contributed by atoms with Gasteiger partial charge in [0.15, 0.2) is 0 Å². The van der Waals surface area contributed by atoms with E-state index in [-0.39, 0.29) is 18.8 Å². The van der Waals surface area contributed by atoms with Gasteiger partial charge in [0.1, 0.15) is 0 Å². The number of rotatable bonds is 3. The summed E-state index contributed by atoms with van der Waals surface area (Å²) in [7, 11) is 0. The Hall–Kier alpha value is -0.910. The van der Waals surface area contributed by atoms with E-state index in [1.54, 1.807) is 10.9 Å². The molecule has 0 amide bonds. The third kappa shape index (κ3) is 2.56. The van der Waals surface area contributed by atoms with Crippen LogP contribution in [0.3, 0.4) is 0 Å². The smallest absolute Gasteiger partial charge is 0.0983 e. The number of morpholine rings is 1. The number of aromatic nitrogens is 2. The van der Waals surface area contributed by atoms with Gasteiger partial charge in [0.05, 0.1) is 31.6 Å². The van der Waals surface area contributed by atoms with Crippen molar-refractivity contribution in [3.8, 4) is 0 Å². The van der Waals surface area contributed by atoms with Crippen LogP contribution in [-0.4, -0.2) is 40.7 Å². The van der Waals surface area contributed by atoms with E-state index in [0.29, 0.717) is 6.54 Å². The lowest BCUT2D eigenvalue weighted by Crippen LogP contribution is -2.38. The predicted octanol–water partition coefficient (Wildman–Crippen LogP) is -0.0752. The van der Waals surface area contributed by atoms with Gasteiger partial charge in [-0.15, -0.1) is 0 Å². The lowest BCUT2D eigenvalue weighted by Gasteiger charge is -2.27. The van der Waals surface area contributed by atoms with E-state index in [4.69, 9.17) is 9.84 Å². The first-order chi connectivity index (χ1) is 7.29. The lowest BCUT2D eigenvalue weighted by atomic mass is 10.1. The highest BCUT2D eigenvalue weighted by Gasteiger charge is 2.21. The minimum Gasteiger partial charge on any atom is -0.394 e. The van der Waals surface area contributed by atoms with Crippen molar-refractivity contribution in [2.45, 2.75) is 25.7 Å². The zero-order valence-electron chi connectivity index (χ0n) is 8.89. The maximum Gasteiger partial charge on any atom is 0.0983 e. The molecule has 2 N–H and O–H groups in total. The van der Waals surface area contributed by atoms with Crippen LogP contribution in [-0.2, 0) is 11.3 Å². The SMILES string of the molecule is C[C@@H]1CNC[C@H](c2cnn(CCO)c2)O1. The Bertz CT molecular complexity index is 313. The van der Waals surface area contributed by atoms with Gasteiger partial charge in [-0.3, -0.25) is 4.68 Å². The summed E-state index contributed by atoms with van der Waals surface area (Å²) in [6.45, 7) is 4.44. The highest BCUT2D eigenvalue weighted by molar-refractivity contribution is 5.09. The molecule has 2 rings (SSSR count). The molecule has 15 heavy (non-hydrogen) atoms. The molecule has 1 aliphatic rings. The number of nitrogens with one attached hydrogen (secondary N) is 1. The first kappa shape index (κ1) is 10.6. The molecule has 5 heteroatoms. The molecule has 2 atom stereocenters. The summed E-state index contributed by atoms with van der Waals surface area (Å²) < 4.78 is 7.52. The molecule has 0 bridgehead atoms. The minimum absolute atomic E-state index is 0.0844. The van der Waals surface area contributed by atoms with Crippen LogP contribution in [0.4, 0.5) is 0 Å². The van der Waals surface area contributed by atoms with Gasteiger partial charge in [0, 0.05) is 24.8 Å². The molecule has 1 aromatic heterocycles. The first-order valence-corrected chi connectivity index (χ1v) is 5.29. The molecule has 0 radical (unpaired) electrons. The normalized spacial score (nSPS) is 26.8. The fourth-order valence-electron chi connectivity index (χ4n) is 1.76. The van der Waals surface area contributed by atoms with Crippen LogP contribution in [0.2, 0.25) is 0 Å². The number of aliphatic hydroxyl groups is 1. The van der Waals surface area contributed by atoms with E-state index >= 15 is 0 Å². The average molecular weight is 211 g/mol. The molecule has 1 aromatic rings. The van der Waals surface area contributed by atoms with E-state index in [1.807, 2.05) is 6.20 Å². The Morgan fingerprint density at radius 1 is 1.67 bits per heavy atom. The molecule has 0 aromatic carbocycles. The van der Waals surface area contributed by atoms with Gasteiger partial charge in [0.2, 0.25) is 0 Å². The maximum absolute atomic E-state index is 8.78. The maximum atomic E-state index is 8.78. The zero-order chi connectivity index (χ0) is 10.7. The van der Waals surface area contributed by atoms with Gasteiger partial charge in [-0.25, -0.2) is 0 Å². The van der Waals surface area contributed by atoms with E-state index in [1.165, 1.54) is 0 Å². The predicted molar refractivity (Wildman–Crippen MR) is 55.5 cm³/mol. The van der Waals surface area contributed by atoms with Crippen molar-refractivity contribution >= 4 is 0 Å². The summed E-state index contributed by atoms with van der Waals surface area (Å²) in [5, 5.41) is 16.2. The van der Waals surface area contributed by atoms with Gasteiger partial charge < -0.3 is 15.2 Å². The van der Waals surface area contributed by atoms with E-state index in [9.17, 15) is 0 Å². The van der Waals surface area contributed by atoms with Crippen molar-refractivity contribution in [1.82, 2.24) is 15.1 Å². The number of nitrogens with zero attached hydrogens (tertiary/aromatic N) is 2. The Balaban J connectivity index is 2.01. The van der Waals surface area contributed by atoms with E-state index in [0.717, 1.165) is 18.7 Å². The molecule has 0 saturated carbocycles. The largest absolute Gasteiger partial charge is 0.394 e. The summed E-state index contributed by atoms with van der Waals surface area (Å²) in [6, 6.07) is 0. The van der Waals surface area contributed by atoms with Gasteiger partial charge in [-0.05, 0) is 6.92 Å². The second kappa shape index (κ2) is 4.74. The molecular formula is C10H17N3O2. The first-order valence-electron chi connectivity index (χ1n) is 5.29. The van der Waals surface area contributed by atoms with Crippen molar-refractivity contribution in [3.05, 3.63) is 18.0 Å². The second-order valence-electron chi connectivity index (χ2n) is 3.85. The van der Waals surface area contributed by atoms with E-state index < -0.39 is 0 Å². The van der Waals surface area contributed by atoms with Crippen molar-refractivity contribution in [1.29, 1.82) is 0 Å². The summed E-state index contributed by atoms with van der Waals surface area (Å²) in [4.78, 5) is 0. The quantitative estimate of drug-likeness (QED) is 0.734.